The minimum atomic E-state index is -1.12. The number of hydrogen-bond donors (Lipinski definition) is 2. The van der Waals surface area contributed by atoms with Crippen LogP contribution in [-0.4, -0.2) is 56.2 Å². The van der Waals surface area contributed by atoms with Crippen molar-refractivity contribution in [2.45, 2.75) is 24.9 Å². The third-order valence-electron chi connectivity index (χ3n) is 6.31. The Bertz CT molecular complexity index is 1410. The van der Waals surface area contributed by atoms with Gasteiger partial charge in [0.15, 0.2) is 11.5 Å². The molecule has 10 nitrogen and oxygen atoms in total. The molecule has 5 rings (SSSR count). The van der Waals surface area contributed by atoms with Crippen molar-refractivity contribution in [1.29, 1.82) is 0 Å². The number of carbonyl (C=O) groups excluding carboxylic acids is 1. The number of fused-ring (bicyclic) bond motifs is 1. The Kier molecular flexibility index (Phi) is 5.77. The maximum Gasteiger partial charge on any atom is 0.327 e. The van der Waals surface area contributed by atoms with E-state index in [1.807, 2.05) is 15.5 Å². The number of nitrogen functional groups attached to an aromatic ring is 1. The molecule has 0 bridgehead atoms. The van der Waals surface area contributed by atoms with E-state index in [2.05, 4.69) is 19.9 Å². The molecule has 0 unspecified atom stereocenters. The summed E-state index contributed by atoms with van der Waals surface area (Å²) in [5, 5.41) is 0. The second kappa shape index (κ2) is 8.91. The zero-order valence-electron chi connectivity index (χ0n) is 19.2. The number of carbonyl (C=O) groups is 1. The molecule has 4 N–H and O–H groups in total. The number of benzene rings is 1. The fraction of sp³-hybridized carbons (Fsp3) is 0.292. The molecular formula is C24H25FN8O2. The number of anilines is 2. The van der Waals surface area contributed by atoms with E-state index < -0.39 is 11.5 Å². The van der Waals surface area contributed by atoms with Crippen molar-refractivity contribution in [3.05, 3.63) is 60.6 Å². The van der Waals surface area contributed by atoms with Gasteiger partial charge in [-0.05, 0) is 36.6 Å². The highest BCUT2D eigenvalue weighted by Crippen LogP contribution is 2.31. The smallest absolute Gasteiger partial charge is 0.327 e. The first-order valence-electron chi connectivity index (χ1n) is 11.2. The number of nitrogens with two attached hydrogens (primary N) is 2. The Morgan fingerprint density at radius 3 is 2.89 bits per heavy atom. The highest BCUT2D eigenvalue weighted by molar-refractivity contribution is 5.82. The van der Waals surface area contributed by atoms with E-state index in [1.165, 1.54) is 25.6 Å². The number of piperidine rings is 1. The van der Waals surface area contributed by atoms with Gasteiger partial charge >= 0.3 is 5.97 Å². The van der Waals surface area contributed by atoms with Crippen LogP contribution in [0.2, 0.25) is 0 Å². The Labute approximate surface area is 200 Å². The minimum Gasteiger partial charge on any atom is -0.468 e. The zero-order chi connectivity index (χ0) is 24.6. The summed E-state index contributed by atoms with van der Waals surface area (Å²) in [6.07, 6.45) is 6.03. The van der Waals surface area contributed by atoms with E-state index in [1.54, 1.807) is 24.7 Å². The van der Waals surface area contributed by atoms with Crippen molar-refractivity contribution in [2.75, 3.05) is 30.8 Å². The molecule has 0 saturated carbocycles. The third kappa shape index (κ3) is 4.26. The number of halogens is 1. The topological polar surface area (TPSA) is 138 Å². The molecule has 3 aromatic heterocycles. The van der Waals surface area contributed by atoms with Crippen LogP contribution in [-0.2, 0) is 16.1 Å². The lowest BCUT2D eigenvalue weighted by Gasteiger charge is -2.40. The molecule has 0 spiro atoms. The van der Waals surface area contributed by atoms with Crippen molar-refractivity contribution in [3.63, 3.8) is 0 Å². The molecule has 11 heteroatoms. The molecule has 4 heterocycles. The minimum absolute atomic E-state index is 0.285. The fourth-order valence-electron chi connectivity index (χ4n) is 4.56. The van der Waals surface area contributed by atoms with Crippen LogP contribution in [0, 0.1) is 5.82 Å². The Morgan fingerprint density at radius 1 is 1.23 bits per heavy atom. The molecule has 180 valence electrons. The second-order valence-corrected chi connectivity index (χ2v) is 8.69. The molecule has 1 saturated heterocycles. The molecule has 4 aromatic rings. The molecule has 1 fully saturated rings. The first-order valence-corrected chi connectivity index (χ1v) is 11.2. The van der Waals surface area contributed by atoms with Crippen molar-refractivity contribution in [3.8, 4) is 11.3 Å². The van der Waals surface area contributed by atoms with Gasteiger partial charge in [-0.3, -0.25) is 4.98 Å². The standard InChI is InChI=1S/C24H25FN8O2/c1-35-23(34)24(27)6-3-7-32(12-24)19-10-28-18(15-4-2-5-17(25)8-15)9-16(19)11-33-14-31-20-21(26)29-13-30-22(20)33/h2,4-5,8-10,13-14H,3,6-7,11-12,27H2,1H3,(H2,26,29,30)/t24-/m1/s1. The van der Waals surface area contributed by atoms with Crippen LogP contribution >= 0.6 is 0 Å². The number of ether oxygens (including phenoxy) is 1. The lowest BCUT2D eigenvalue weighted by molar-refractivity contribution is -0.147. The highest BCUT2D eigenvalue weighted by atomic mass is 19.1. The van der Waals surface area contributed by atoms with Gasteiger partial charge in [0.2, 0.25) is 0 Å². The first-order chi connectivity index (χ1) is 16.9. The lowest BCUT2D eigenvalue weighted by atomic mass is 9.89. The molecular weight excluding hydrogens is 451 g/mol. The molecule has 1 aromatic carbocycles. The van der Waals surface area contributed by atoms with E-state index in [0.717, 1.165) is 11.3 Å². The quantitative estimate of drug-likeness (QED) is 0.415. The summed E-state index contributed by atoms with van der Waals surface area (Å²) < 4.78 is 20.7. The van der Waals surface area contributed by atoms with Crippen LogP contribution < -0.4 is 16.4 Å². The number of aromatic nitrogens is 5. The number of esters is 1. The third-order valence-corrected chi connectivity index (χ3v) is 6.31. The summed E-state index contributed by atoms with van der Waals surface area (Å²) in [5.41, 5.74) is 15.3. The summed E-state index contributed by atoms with van der Waals surface area (Å²) in [6.45, 7) is 1.37. The highest BCUT2D eigenvalue weighted by Gasteiger charge is 2.40. The predicted octanol–water partition coefficient (Wildman–Crippen LogP) is 2.13. The maximum absolute atomic E-state index is 13.9. The fourth-order valence-corrected chi connectivity index (χ4v) is 4.56. The van der Waals surface area contributed by atoms with Gasteiger partial charge in [0.25, 0.3) is 0 Å². The summed E-state index contributed by atoms with van der Waals surface area (Å²) in [7, 11) is 1.34. The number of pyridine rings is 1. The Morgan fingerprint density at radius 2 is 2.09 bits per heavy atom. The van der Waals surface area contributed by atoms with Crippen molar-refractivity contribution >= 4 is 28.6 Å². The Hall–Kier alpha value is -4.12. The monoisotopic (exact) mass is 476 g/mol. The normalized spacial score (nSPS) is 18.1. The number of imidazole rings is 1. The van der Waals surface area contributed by atoms with Gasteiger partial charge in [-0.25, -0.2) is 24.1 Å². The lowest BCUT2D eigenvalue weighted by Crippen LogP contribution is -2.60. The molecule has 0 amide bonds. The van der Waals surface area contributed by atoms with Gasteiger partial charge in [0.05, 0.1) is 37.6 Å². The largest absolute Gasteiger partial charge is 0.468 e. The van der Waals surface area contributed by atoms with E-state index in [4.69, 9.17) is 16.2 Å². The van der Waals surface area contributed by atoms with Crippen LogP contribution in [0.3, 0.4) is 0 Å². The molecule has 1 atom stereocenters. The van der Waals surface area contributed by atoms with E-state index in [0.29, 0.717) is 54.2 Å². The van der Waals surface area contributed by atoms with Crippen molar-refractivity contribution < 1.29 is 13.9 Å². The van der Waals surface area contributed by atoms with Crippen LogP contribution in [0.1, 0.15) is 18.4 Å². The maximum atomic E-state index is 13.9. The van der Waals surface area contributed by atoms with Crippen LogP contribution in [0.5, 0.6) is 0 Å². The summed E-state index contributed by atoms with van der Waals surface area (Å²) >= 11 is 0. The number of rotatable bonds is 5. The number of hydrogen-bond acceptors (Lipinski definition) is 9. The summed E-state index contributed by atoms with van der Waals surface area (Å²) in [5.74, 6) is -0.489. The number of methoxy groups -OCH3 is 1. The average molecular weight is 477 g/mol. The van der Waals surface area contributed by atoms with Crippen molar-refractivity contribution in [1.82, 2.24) is 24.5 Å². The molecule has 35 heavy (non-hydrogen) atoms. The summed E-state index contributed by atoms with van der Waals surface area (Å²) in [4.78, 5) is 31.7. The zero-order valence-corrected chi connectivity index (χ0v) is 19.2. The van der Waals surface area contributed by atoms with Gasteiger partial charge in [-0.2, -0.15) is 0 Å². The van der Waals surface area contributed by atoms with Gasteiger partial charge in [-0.15, -0.1) is 0 Å². The van der Waals surface area contributed by atoms with E-state index >= 15 is 0 Å². The first kappa shape index (κ1) is 22.7. The van der Waals surface area contributed by atoms with Crippen LogP contribution in [0.15, 0.2) is 49.2 Å². The van der Waals surface area contributed by atoms with Gasteiger partial charge < -0.3 is 25.7 Å². The molecule has 1 aliphatic rings. The second-order valence-electron chi connectivity index (χ2n) is 8.69. The van der Waals surface area contributed by atoms with Crippen LogP contribution in [0.25, 0.3) is 22.4 Å². The number of nitrogens with zero attached hydrogens (tertiary/aromatic N) is 6. The van der Waals surface area contributed by atoms with Gasteiger partial charge in [0.1, 0.15) is 23.2 Å². The van der Waals surface area contributed by atoms with E-state index in [9.17, 15) is 9.18 Å². The van der Waals surface area contributed by atoms with Crippen LogP contribution in [0.4, 0.5) is 15.9 Å². The van der Waals surface area contributed by atoms with Gasteiger partial charge in [-0.1, -0.05) is 12.1 Å². The molecule has 0 aliphatic carbocycles. The molecule has 1 aliphatic heterocycles. The summed E-state index contributed by atoms with van der Waals surface area (Å²) in [6, 6.07) is 8.19. The SMILES string of the molecule is COC(=O)[C@@]1(N)CCCN(c2cnc(-c3cccc(F)c3)cc2Cn2cnc3c(N)ncnc32)C1. The van der Waals surface area contributed by atoms with Gasteiger partial charge in [0, 0.05) is 18.7 Å². The Balaban J connectivity index is 1.58. The molecule has 0 radical (unpaired) electrons. The van der Waals surface area contributed by atoms with E-state index in [-0.39, 0.29) is 12.4 Å². The predicted molar refractivity (Wildman–Crippen MR) is 129 cm³/mol. The average Bonchev–Trinajstić information content (AvgIpc) is 3.27. The van der Waals surface area contributed by atoms with Crippen molar-refractivity contribution in [2.24, 2.45) is 5.73 Å².